The Balaban J connectivity index is 1.65. The summed E-state index contributed by atoms with van der Waals surface area (Å²) >= 11 is 0. The van der Waals surface area contributed by atoms with Crippen LogP contribution in [0.15, 0.2) is 54.6 Å². The van der Waals surface area contributed by atoms with Gasteiger partial charge in [-0.05, 0) is 52.1 Å². The number of nitrogen functional groups attached to an aromatic ring is 1. The number of aliphatic hydroxyl groups excluding tert-OH is 1. The van der Waals surface area contributed by atoms with Gasteiger partial charge >= 0.3 is 0 Å². The highest BCUT2D eigenvalue weighted by molar-refractivity contribution is 5.88. The van der Waals surface area contributed by atoms with Crippen molar-refractivity contribution in [2.75, 3.05) is 18.9 Å². The van der Waals surface area contributed by atoms with Gasteiger partial charge in [0.1, 0.15) is 0 Å². The third-order valence-electron chi connectivity index (χ3n) is 5.75. The van der Waals surface area contributed by atoms with Crippen LogP contribution in [0.4, 0.5) is 14.7 Å². The minimum Gasteiger partial charge on any atom is -0.394 e. The highest BCUT2D eigenvalue weighted by Gasteiger charge is 2.28. The van der Waals surface area contributed by atoms with Crippen LogP contribution in [0, 0.1) is 11.6 Å². The van der Waals surface area contributed by atoms with Crippen molar-refractivity contribution < 1.29 is 18.6 Å². The molecule has 33 heavy (non-hydrogen) atoms. The quantitative estimate of drug-likeness (QED) is 0.438. The minimum atomic E-state index is -0.958. The van der Waals surface area contributed by atoms with E-state index >= 15 is 0 Å². The normalized spacial score (nSPS) is 15.2. The number of nitrogens with zero attached hydrogens (tertiary/aromatic N) is 3. The van der Waals surface area contributed by atoms with Crippen molar-refractivity contribution in [2.45, 2.75) is 19.2 Å². The zero-order valence-corrected chi connectivity index (χ0v) is 17.6. The van der Waals surface area contributed by atoms with Crippen LogP contribution < -0.4 is 11.1 Å². The Bertz CT molecular complexity index is 1350. The molecule has 167 valence electrons. The first-order valence-electron chi connectivity index (χ1n) is 10.5. The van der Waals surface area contributed by atoms with Crippen molar-refractivity contribution in [1.29, 1.82) is 0 Å². The van der Waals surface area contributed by atoms with Crippen molar-refractivity contribution in [3.8, 4) is 11.1 Å². The number of fused-ring (bicyclic) bond motifs is 2. The standard InChI is InChI=1S/C25H21F2N4O2/c26-20-10-16(13-33-8-7-32)18(11-21(20)27)14-5-6-22-19(9-14)24(31-25(28)30-22)23-17-4-2-1-3-15(17)12-29-23/h1-6,9-11,23,32H,7-8,12-13H2,(H2,28,30,31). The van der Waals surface area contributed by atoms with Crippen LogP contribution in [-0.4, -0.2) is 28.3 Å². The van der Waals surface area contributed by atoms with Crippen molar-refractivity contribution in [3.05, 3.63) is 88.6 Å². The summed E-state index contributed by atoms with van der Waals surface area (Å²) in [6.45, 7) is 0.544. The zero-order valence-electron chi connectivity index (χ0n) is 17.6. The third kappa shape index (κ3) is 4.04. The van der Waals surface area contributed by atoms with E-state index in [9.17, 15) is 8.78 Å². The van der Waals surface area contributed by atoms with Crippen LogP contribution in [0.5, 0.6) is 0 Å². The number of hydrogen-bond acceptors (Lipinski definition) is 5. The highest BCUT2D eigenvalue weighted by atomic mass is 19.2. The molecule has 0 saturated carbocycles. The second-order valence-electron chi connectivity index (χ2n) is 7.84. The van der Waals surface area contributed by atoms with E-state index in [1.165, 1.54) is 0 Å². The Morgan fingerprint density at radius 3 is 2.70 bits per heavy atom. The number of rotatable bonds is 6. The van der Waals surface area contributed by atoms with Gasteiger partial charge in [0.25, 0.3) is 0 Å². The lowest BCUT2D eigenvalue weighted by Gasteiger charge is -2.16. The average molecular weight is 447 g/mol. The first kappa shape index (κ1) is 21.4. The minimum absolute atomic E-state index is 0.0293. The van der Waals surface area contributed by atoms with E-state index < -0.39 is 11.6 Å². The van der Waals surface area contributed by atoms with E-state index in [0.717, 1.165) is 28.6 Å². The second kappa shape index (κ2) is 8.82. The Morgan fingerprint density at radius 1 is 1.03 bits per heavy atom. The second-order valence-corrected chi connectivity index (χ2v) is 7.84. The van der Waals surface area contributed by atoms with Gasteiger partial charge in [-0.3, -0.25) is 0 Å². The maximum atomic E-state index is 14.2. The van der Waals surface area contributed by atoms with Crippen molar-refractivity contribution in [1.82, 2.24) is 15.3 Å². The summed E-state index contributed by atoms with van der Waals surface area (Å²) in [6, 6.07) is 15.4. The molecule has 1 atom stereocenters. The first-order chi connectivity index (χ1) is 16.0. The molecule has 0 amide bonds. The van der Waals surface area contributed by atoms with Gasteiger partial charge in [0, 0.05) is 11.9 Å². The molecule has 1 aromatic heterocycles. The molecule has 3 N–H and O–H groups in total. The fourth-order valence-corrected chi connectivity index (χ4v) is 4.24. The molecule has 0 saturated heterocycles. The molecular weight excluding hydrogens is 426 g/mol. The molecule has 1 aliphatic heterocycles. The van der Waals surface area contributed by atoms with Gasteiger partial charge in [0.15, 0.2) is 11.6 Å². The van der Waals surface area contributed by atoms with Crippen LogP contribution in [-0.2, 0) is 17.9 Å². The molecular formula is C25H21F2N4O2. The summed E-state index contributed by atoms with van der Waals surface area (Å²) in [5.74, 6) is -1.76. The lowest BCUT2D eigenvalue weighted by atomic mass is 9.95. The van der Waals surface area contributed by atoms with Gasteiger partial charge in [-0.2, -0.15) is 0 Å². The molecule has 1 radical (unpaired) electrons. The van der Waals surface area contributed by atoms with Crippen LogP contribution in [0.25, 0.3) is 22.0 Å². The van der Waals surface area contributed by atoms with Crippen LogP contribution >= 0.6 is 0 Å². The third-order valence-corrected chi connectivity index (χ3v) is 5.75. The molecule has 2 heterocycles. The largest absolute Gasteiger partial charge is 0.394 e. The van der Waals surface area contributed by atoms with Gasteiger partial charge in [0.2, 0.25) is 5.95 Å². The number of hydrogen-bond donors (Lipinski definition) is 2. The lowest BCUT2D eigenvalue weighted by molar-refractivity contribution is 0.0816. The number of nitrogens with two attached hydrogens (primary N) is 1. The molecule has 5 rings (SSSR count). The highest BCUT2D eigenvalue weighted by Crippen LogP contribution is 2.37. The lowest BCUT2D eigenvalue weighted by Crippen LogP contribution is -2.11. The Hall–Kier alpha value is -3.46. The summed E-state index contributed by atoms with van der Waals surface area (Å²) in [6.07, 6.45) is 0. The predicted octanol–water partition coefficient (Wildman–Crippen LogP) is 3.87. The van der Waals surface area contributed by atoms with Crippen molar-refractivity contribution >= 4 is 16.9 Å². The predicted molar refractivity (Wildman–Crippen MR) is 120 cm³/mol. The molecule has 4 aromatic rings. The van der Waals surface area contributed by atoms with E-state index in [1.54, 1.807) is 12.1 Å². The zero-order chi connectivity index (χ0) is 22.9. The number of anilines is 1. The van der Waals surface area contributed by atoms with Crippen molar-refractivity contribution in [3.63, 3.8) is 0 Å². The molecule has 0 fully saturated rings. The van der Waals surface area contributed by atoms with E-state index in [2.05, 4.69) is 9.97 Å². The summed E-state index contributed by atoms with van der Waals surface area (Å²) in [4.78, 5) is 8.87. The molecule has 3 aromatic carbocycles. The van der Waals surface area contributed by atoms with Crippen molar-refractivity contribution in [2.24, 2.45) is 0 Å². The van der Waals surface area contributed by atoms with Gasteiger partial charge in [-0.1, -0.05) is 30.3 Å². The van der Waals surface area contributed by atoms with Gasteiger partial charge in [0.05, 0.1) is 37.1 Å². The maximum Gasteiger partial charge on any atom is 0.220 e. The molecule has 0 aliphatic carbocycles. The monoisotopic (exact) mass is 447 g/mol. The first-order valence-corrected chi connectivity index (χ1v) is 10.5. The summed E-state index contributed by atoms with van der Waals surface area (Å²) < 4.78 is 33.5. The fourth-order valence-electron chi connectivity index (χ4n) is 4.24. The molecule has 0 spiro atoms. The summed E-state index contributed by atoms with van der Waals surface area (Å²) in [7, 11) is 0. The number of aromatic nitrogens is 2. The number of ether oxygens (including phenoxy) is 1. The summed E-state index contributed by atoms with van der Waals surface area (Å²) in [5, 5.41) is 14.5. The SMILES string of the molecule is Nc1nc(C2[N]Cc3ccccc32)c2cc(-c3cc(F)c(F)cc3COCCO)ccc2n1. The average Bonchev–Trinajstić information content (AvgIpc) is 3.24. The van der Waals surface area contributed by atoms with E-state index in [0.29, 0.717) is 34.4 Å². The van der Waals surface area contributed by atoms with Crippen LogP contribution in [0.3, 0.4) is 0 Å². The topological polar surface area (TPSA) is 95.4 Å². The number of aliphatic hydroxyl groups is 1. The number of halogens is 2. The Kier molecular flexibility index (Phi) is 5.72. The molecule has 0 bridgehead atoms. The fraction of sp³-hybridized carbons (Fsp3) is 0.200. The summed E-state index contributed by atoms with van der Waals surface area (Å²) in [5.41, 5.74) is 11.1. The van der Waals surface area contributed by atoms with Gasteiger partial charge in [-0.25, -0.2) is 24.1 Å². The Morgan fingerprint density at radius 2 is 1.85 bits per heavy atom. The van der Waals surface area contributed by atoms with E-state index in [1.807, 2.05) is 30.3 Å². The van der Waals surface area contributed by atoms with Crippen LogP contribution in [0.1, 0.15) is 28.4 Å². The number of benzene rings is 3. The smallest absolute Gasteiger partial charge is 0.220 e. The molecule has 1 aliphatic rings. The Labute approximate surface area is 189 Å². The molecule has 6 nitrogen and oxygen atoms in total. The molecule has 8 heteroatoms. The van der Waals surface area contributed by atoms with Gasteiger partial charge in [-0.15, -0.1) is 0 Å². The van der Waals surface area contributed by atoms with E-state index in [-0.39, 0.29) is 31.8 Å². The molecule has 1 unspecified atom stereocenters. The van der Waals surface area contributed by atoms with Gasteiger partial charge < -0.3 is 15.6 Å². The van der Waals surface area contributed by atoms with E-state index in [4.69, 9.17) is 20.9 Å². The van der Waals surface area contributed by atoms with Crippen LogP contribution in [0.2, 0.25) is 0 Å². The maximum absolute atomic E-state index is 14.2.